The number of pyridine rings is 1. The molecule has 4 N–H and O–H groups in total. The van der Waals surface area contributed by atoms with Gasteiger partial charge in [0.25, 0.3) is 11.8 Å². The van der Waals surface area contributed by atoms with Crippen LogP contribution >= 0.6 is 12.6 Å². The van der Waals surface area contributed by atoms with Gasteiger partial charge in [-0.3, -0.25) is 9.59 Å². The first-order chi connectivity index (χ1) is 15.9. The zero-order valence-corrected chi connectivity index (χ0v) is 19.2. The Kier molecular flexibility index (Phi) is 7.09. The van der Waals surface area contributed by atoms with Crippen LogP contribution in [0.2, 0.25) is 0 Å². The molecule has 4 rings (SSSR count). The van der Waals surface area contributed by atoms with Crippen LogP contribution in [0, 0.1) is 5.92 Å². The second kappa shape index (κ2) is 10.0. The lowest BCUT2D eigenvalue weighted by molar-refractivity contribution is -0.0926. The van der Waals surface area contributed by atoms with Gasteiger partial charge in [-0.2, -0.15) is 0 Å². The highest BCUT2D eigenvalue weighted by molar-refractivity contribution is 7.81. The number of nitrogens with one attached hydrogen (secondary N) is 1. The van der Waals surface area contributed by atoms with E-state index in [9.17, 15) is 14.7 Å². The number of hydrogen-bond donors (Lipinski definition) is 4. The number of para-hydroxylation sites is 1. The second-order valence-electron chi connectivity index (χ2n) is 8.69. The minimum atomic E-state index is -0.655. The zero-order valence-electron chi connectivity index (χ0n) is 18.3. The summed E-state index contributed by atoms with van der Waals surface area (Å²) in [4.78, 5) is 27.7. The van der Waals surface area contributed by atoms with E-state index in [1.807, 2.05) is 0 Å². The third-order valence-corrected chi connectivity index (χ3v) is 7.15. The number of carbonyl (C=O) groups excluding carboxylic acids is 2. The number of thiol groups is 1. The van der Waals surface area contributed by atoms with E-state index in [-0.39, 0.29) is 46.7 Å². The molecule has 1 aliphatic heterocycles. The number of benzene rings is 1. The second-order valence-corrected chi connectivity index (χ2v) is 9.44. The van der Waals surface area contributed by atoms with Crippen LogP contribution in [0.4, 0.5) is 0 Å². The molecule has 2 aromatic rings. The predicted molar refractivity (Wildman–Crippen MR) is 125 cm³/mol. The number of phenolic OH excluding ortho intramolecular Hbond substituents is 1. The van der Waals surface area contributed by atoms with Gasteiger partial charge in [0.05, 0.1) is 12.2 Å². The van der Waals surface area contributed by atoms with Gasteiger partial charge in [0, 0.05) is 25.1 Å². The fourth-order valence-corrected chi connectivity index (χ4v) is 5.24. The Morgan fingerprint density at radius 3 is 2.58 bits per heavy atom. The molecule has 2 atom stereocenters. The van der Waals surface area contributed by atoms with Gasteiger partial charge in [-0.1, -0.05) is 12.1 Å². The number of aromatic hydroxyl groups is 1. The average molecular weight is 472 g/mol. The maximum atomic E-state index is 12.5. The number of ether oxygens (including phenoxy) is 2. The van der Waals surface area contributed by atoms with Gasteiger partial charge in [-0.05, 0) is 55.9 Å². The Balaban J connectivity index is 1.34. The van der Waals surface area contributed by atoms with Crippen molar-refractivity contribution in [2.24, 2.45) is 11.7 Å². The summed E-state index contributed by atoms with van der Waals surface area (Å²) in [6.07, 6.45) is 5.90. The van der Waals surface area contributed by atoms with E-state index in [4.69, 9.17) is 27.8 Å². The summed E-state index contributed by atoms with van der Waals surface area (Å²) < 4.78 is 12.2. The SMILES string of the molecule is NC(=O)c1cccnc1OC1CCOC(S)(C2CCC(NC(=O)c3ccccc3O)CC2)C1. The molecular formula is C24H29N3O5S. The molecule has 2 heterocycles. The molecule has 0 bridgehead atoms. The number of rotatable bonds is 6. The van der Waals surface area contributed by atoms with Crippen LogP contribution < -0.4 is 15.8 Å². The summed E-state index contributed by atoms with van der Waals surface area (Å²) >= 11 is 4.92. The van der Waals surface area contributed by atoms with Gasteiger partial charge in [0.15, 0.2) is 0 Å². The first-order valence-electron chi connectivity index (χ1n) is 11.2. The summed E-state index contributed by atoms with van der Waals surface area (Å²) in [5.41, 5.74) is 5.98. The standard InChI is InChI=1S/C24H29N3O5S/c25-21(29)19-5-3-12-26-23(19)32-17-11-13-31-24(33,14-17)15-7-9-16(10-8-15)27-22(30)18-4-1-2-6-20(18)28/h1-6,12,15-17,28,33H,7-11,13-14H2,(H2,25,29)(H,27,30). The molecule has 9 heteroatoms. The lowest BCUT2D eigenvalue weighted by Crippen LogP contribution is -2.48. The van der Waals surface area contributed by atoms with Crippen molar-refractivity contribution in [2.75, 3.05) is 6.61 Å². The Labute approximate surface area is 198 Å². The van der Waals surface area contributed by atoms with Crippen molar-refractivity contribution in [3.05, 3.63) is 53.7 Å². The fourth-order valence-electron chi connectivity index (χ4n) is 4.69. The highest BCUT2D eigenvalue weighted by atomic mass is 32.1. The van der Waals surface area contributed by atoms with E-state index in [0.29, 0.717) is 19.4 Å². The monoisotopic (exact) mass is 471 g/mol. The number of aromatic nitrogens is 1. The third-order valence-electron chi connectivity index (χ3n) is 6.48. The first-order valence-corrected chi connectivity index (χ1v) is 11.7. The van der Waals surface area contributed by atoms with Crippen LogP contribution in [0.15, 0.2) is 42.6 Å². The van der Waals surface area contributed by atoms with Crippen molar-refractivity contribution < 1.29 is 24.2 Å². The van der Waals surface area contributed by atoms with Crippen LogP contribution in [0.1, 0.15) is 59.2 Å². The van der Waals surface area contributed by atoms with Gasteiger partial charge < -0.3 is 25.6 Å². The quantitative estimate of drug-likeness (QED) is 0.480. The molecule has 1 saturated heterocycles. The molecule has 1 aromatic heterocycles. The molecule has 0 spiro atoms. The smallest absolute Gasteiger partial charge is 0.255 e. The maximum Gasteiger partial charge on any atom is 0.255 e. The van der Waals surface area contributed by atoms with E-state index in [0.717, 1.165) is 25.7 Å². The van der Waals surface area contributed by atoms with Crippen LogP contribution in [-0.4, -0.2) is 45.6 Å². The molecule has 1 saturated carbocycles. The Hall–Kier alpha value is -2.78. The van der Waals surface area contributed by atoms with Crippen molar-refractivity contribution in [3.63, 3.8) is 0 Å². The van der Waals surface area contributed by atoms with Crippen LogP contribution in [0.25, 0.3) is 0 Å². The van der Waals surface area contributed by atoms with Crippen molar-refractivity contribution in [1.82, 2.24) is 10.3 Å². The molecule has 2 fully saturated rings. The van der Waals surface area contributed by atoms with Gasteiger partial charge >= 0.3 is 0 Å². The number of hydrogen-bond acceptors (Lipinski definition) is 7. The number of phenols is 1. The summed E-state index contributed by atoms with van der Waals surface area (Å²) in [6, 6.07) is 9.82. The van der Waals surface area contributed by atoms with Gasteiger partial charge in [-0.25, -0.2) is 4.98 Å². The minimum absolute atomic E-state index is 0.0213. The minimum Gasteiger partial charge on any atom is -0.507 e. The molecule has 1 aromatic carbocycles. The van der Waals surface area contributed by atoms with E-state index in [2.05, 4.69) is 10.3 Å². The van der Waals surface area contributed by atoms with Gasteiger partial charge in [0.1, 0.15) is 22.4 Å². The lowest BCUT2D eigenvalue weighted by atomic mass is 9.79. The molecule has 33 heavy (non-hydrogen) atoms. The highest BCUT2D eigenvalue weighted by Crippen LogP contribution is 2.44. The molecule has 2 amide bonds. The molecule has 8 nitrogen and oxygen atoms in total. The van der Waals surface area contributed by atoms with Crippen LogP contribution in [0.5, 0.6) is 11.6 Å². The predicted octanol–water partition coefficient (Wildman–Crippen LogP) is 3.06. The van der Waals surface area contributed by atoms with Gasteiger partial charge in [-0.15, -0.1) is 12.6 Å². The number of carbonyl (C=O) groups is 2. The summed E-state index contributed by atoms with van der Waals surface area (Å²) in [5.74, 6) is -0.424. The number of nitrogens with zero attached hydrogens (tertiary/aromatic N) is 1. The van der Waals surface area contributed by atoms with Crippen molar-refractivity contribution in [1.29, 1.82) is 0 Å². The molecule has 2 aliphatic rings. The van der Waals surface area contributed by atoms with E-state index in [1.165, 1.54) is 6.07 Å². The van der Waals surface area contributed by atoms with E-state index >= 15 is 0 Å². The molecule has 2 unspecified atom stereocenters. The number of amides is 2. The molecule has 176 valence electrons. The highest BCUT2D eigenvalue weighted by Gasteiger charge is 2.44. The van der Waals surface area contributed by atoms with Crippen LogP contribution in [-0.2, 0) is 4.74 Å². The Bertz CT molecular complexity index is 1010. The average Bonchev–Trinajstić information content (AvgIpc) is 2.80. The van der Waals surface area contributed by atoms with Gasteiger partial charge in [0.2, 0.25) is 5.88 Å². The van der Waals surface area contributed by atoms with E-state index in [1.54, 1.807) is 36.5 Å². The maximum absolute atomic E-state index is 12.5. The molecular weight excluding hydrogens is 442 g/mol. The number of primary amides is 1. The topological polar surface area (TPSA) is 124 Å². The van der Waals surface area contributed by atoms with Crippen molar-refractivity contribution in [3.8, 4) is 11.6 Å². The number of nitrogens with two attached hydrogens (primary N) is 1. The lowest BCUT2D eigenvalue weighted by Gasteiger charge is -2.45. The Morgan fingerprint density at radius 2 is 1.85 bits per heavy atom. The van der Waals surface area contributed by atoms with Crippen molar-refractivity contribution >= 4 is 24.4 Å². The summed E-state index contributed by atoms with van der Waals surface area (Å²) in [5, 5.41) is 12.9. The summed E-state index contributed by atoms with van der Waals surface area (Å²) in [7, 11) is 0. The normalized spacial score (nSPS) is 27.5. The molecule has 1 aliphatic carbocycles. The summed E-state index contributed by atoms with van der Waals surface area (Å²) in [6.45, 7) is 0.497. The first kappa shape index (κ1) is 23.4. The third kappa shape index (κ3) is 5.42. The largest absolute Gasteiger partial charge is 0.507 e. The zero-order chi connectivity index (χ0) is 23.4. The van der Waals surface area contributed by atoms with E-state index < -0.39 is 10.8 Å². The van der Waals surface area contributed by atoms with Crippen molar-refractivity contribution in [2.45, 2.75) is 55.6 Å². The Morgan fingerprint density at radius 1 is 1.12 bits per heavy atom. The molecule has 0 radical (unpaired) electrons. The fraction of sp³-hybridized carbons (Fsp3) is 0.458. The van der Waals surface area contributed by atoms with Crippen LogP contribution in [0.3, 0.4) is 0 Å².